The number of anilines is 2. The Bertz CT molecular complexity index is 3520. The molecule has 2 heterocycles. The van der Waals surface area contributed by atoms with Crippen LogP contribution in [0.25, 0.3) is 75.5 Å². The summed E-state index contributed by atoms with van der Waals surface area (Å²) in [5.41, 5.74) is 13.6. The van der Waals surface area contributed by atoms with Crippen LogP contribution in [0.15, 0.2) is 243 Å². The van der Waals surface area contributed by atoms with Gasteiger partial charge >= 0.3 is 0 Å². The molecule has 0 saturated heterocycles. The van der Waals surface area contributed by atoms with Crippen LogP contribution in [0.1, 0.15) is 17.5 Å². The van der Waals surface area contributed by atoms with Crippen LogP contribution in [0.2, 0.25) is 0 Å². The van der Waals surface area contributed by atoms with Crippen molar-refractivity contribution in [3.05, 3.63) is 254 Å². The second-order valence-electron chi connectivity index (χ2n) is 16.4. The Balaban J connectivity index is 1.18. The van der Waals surface area contributed by atoms with Crippen LogP contribution in [0.4, 0.5) is 11.4 Å². The Hall–Kier alpha value is -7.72. The number of fused-ring (bicyclic) bond motifs is 6. The molecule has 63 heavy (non-hydrogen) atoms. The van der Waals surface area contributed by atoms with Gasteiger partial charge in [0, 0.05) is 42.3 Å². The van der Waals surface area contributed by atoms with Gasteiger partial charge in [0.2, 0.25) is 0 Å². The number of benzene rings is 9. The number of allylic oxidation sites excluding steroid dienone is 2. The Morgan fingerprint density at radius 1 is 0.460 bits per heavy atom. The lowest BCUT2D eigenvalue weighted by atomic mass is 9.70. The molecule has 0 bridgehead atoms. The van der Waals surface area contributed by atoms with Gasteiger partial charge in [-0.15, -0.1) is 11.3 Å². The van der Waals surface area contributed by atoms with Crippen molar-refractivity contribution >= 4 is 70.3 Å². The van der Waals surface area contributed by atoms with Crippen LogP contribution < -0.4 is 4.90 Å². The van der Waals surface area contributed by atoms with E-state index in [4.69, 9.17) is 0 Å². The van der Waals surface area contributed by atoms with E-state index in [0.717, 1.165) is 23.5 Å². The molecule has 0 amide bonds. The van der Waals surface area contributed by atoms with E-state index in [9.17, 15) is 0 Å². The van der Waals surface area contributed by atoms with Crippen LogP contribution in [-0.4, -0.2) is 4.57 Å². The molecule has 1 aliphatic carbocycles. The zero-order valence-electron chi connectivity index (χ0n) is 34.6. The molecule has 1 aliphatic rings. The van der Waals surface area contributed by atoms with Crippen molar-refractivity contribution in [3.63, 3.8) is 0 Å². The molecule has 12 rings (SSSR count). The number of rotatable bonds is 8. The van der Waals surface area contributed by atoms with Gasteiger partial charge in [0.05, 0.1) is 16.7 Å². The Kier molecular flexibility index (Phi) is 9.02. The van der Waals surface area contributed by atoms with Crippen molar-refractivity contribution in [2.45, 2.75) is 12.0 Å². The molecule has 298 valence electrons. The van der Waals surface area contributed by atoms with Crippen molar-refractivity contribution in [1.29, 1.82) is 0 Å². The molecular formula is C60H42N2S. The van der Waals surface area contributed by atoms with E-state index in [0.29, 0.717) is 0 Å². The van der Waals surface area contributed by atoms with Crippen LogP contribution in [0.5, 0.6) is 0 Å². The lowest BCUT2D eigenvalue weighted by Crippen LogP contribution is -2.45. The molecule has 0 saturated carbocycles. The minimum atomic E-state index is -0.695. The molecule has 2 aromatic heterocycles. The van der Waals surface area contributed by atoms with Crippen LogP contribution in [0, 0.1) is 0 Å². The molecule has 0 spiro atoms. The van der Waals surface area contributed by atoms with Gasteiger partial charge in [0.1, 0.15) is 5.54 Å². The van der Waals surface area contributed by atoms with Gasteiger partial charge in [-0.05, 0) is 93.9 Å². The third-order valence-electron chi connectivity index (χ3n) is 13.0. The van der Waals surface area contributed by atoms with E-state index in [-0.39, 0.29) is 0 Å². The van der Waals surface area contributed by atoms with Gasteiger partial charge < -0.3 is 9.47 Å². The highest BCUT2D eigenvalue weighted by Crippen LogP contribution is 2.56. The number of aromatic nitrogens is 1. The van der Waals surface area contributed by atoms with E-state index >= 15 is 0 Å². The number of thiophene rings is 1. The first kappa shape index (κ1) is 37.1. The molecule has 11 aromatic rings. The lowest BCUT2D eigenvalue weighted by molar-refractivity contribution is 0.569. The maximum absolute atomic E-state index is 2.69. The maximum atomic E-state index is 2.69. The first-order valence-electron chi connectivity index (χ1n) is 21.7. The molecule has 2 nitrogen and oxygen atoms in total. The molecule has 9 aromatic carbocycles. The molecule has 0 aliphatic heterocycles. The van der Waals surface area contributed by atoms with Gasteiger partial charge in [-0.1, -0.05) is 194 Å². The molecular weight excluding hydrogens is 781 g/mol. The Labute approximate surface area is 371 Å². The molecule has 1 atom stereocenters. The van der Waals surface area contributed by atoms with E-state index < -0.39 is 5.54 Å². The Morgan fingerprint density at radius 2 is 1.06 bits per heavy atom. The van der Waals surface area contributed by atoms with E-state index in [1.807, 2.05) is 11.3 Å². The summed E-state index contributed by atoms with van der Waals surface area (Å²) in [5, 5.41) is 5.06. The predicted molar refractivity (Wildman–Crippen MR) is 269 cm³/mol. The van der Waals surface area contributed by atoms with Crippen LogP contribution >= 0.6 is 11.3 Å². The monoisotopic (exact) mass is 822 g/mol. The number of para-hydroxylation sites is 2. The summed E-state index contributed by atoms with van der Waals surface area (Å²) in [5.74, 6) is 0. The minimum absolute atomic E-state index is 0.695. The Morgan fingerprint density at radius 3 is 1.87 bits per heavy atom. The SMILES string of the molecule is C1=CCC(c2ccccc2-c2ccccc2)(N(c2ccc(-c3cccc4c3sc3ccccc34)cc2)c2cccc3c2c2ccccc2n3-c2ccccc2)C(c2ccccc2)=C1. The van der Waals surface area contributed by atoms with Crippen molar-refractivity contribution in [2.75, 3.05) is 4.90 Å². The van der Waals surface area contributed by atoms with Crippen LogP contribution in [-0.2, 0) is 5.54 Å². The van der Waals surface area contributed by atoms with Crippen LogP contribution in [0.3, 0.4) is 0 Å². The number of nitrogens with zero attached hydrogens (tertiary/aromatic N) is 2. The number of hydrogen-bond acceptors (Lipinski definition) is 2. The number of hydrogen-bond donors (Lipinski definition) is 0. The standard InChI is InChI=1S/C60H42N2S/c1-4-20-42(21-5-1)47-26-10-13-32-53(47)60(41-17-16-31-52(60)44-22-6-2-7-23-44)62(46-39-37-43(38-40-46)48-29-18-30-50-49-27-12-15-36-57(49)63-59(48)50)56-35-19-34-55-58(56)51-28-11-14-33-54(51)61(55)45-24-8-3-9-25-45/h1-40H,41H2. The first-order chi connectivity index (χ1) is 31.3. The molecule has 0 fully saturated rings. The normalized spacial score (nSPS) is 15.0. The predicted octanol–water partition coefficient (Wildman–Crippen LogP) is 16.6. The average molecular weight is 823 g/mol. The van der Waals surface area contributed by atoms with Gasteiger partial charge in [0.25, 0.3) is 0 Å². The van der Waals surface area contributed by atoms with Gasteiger partial charge in [0.15, 0.2) is 0 Å². The minimum Gasteiger partial charge on any atom is -0.326 e. The maximum Gasteiger partial charge on any atom is 0.100 e. The molecule has 0 radical (unpaired) electrons. The van der Waals surface area contributed by atoms with Crippen molar-refractivity contribution < 1.29 is 0 Å². The highest BCUT2D eigenvalue weighted by molar-refractivity contribution is 7.26. The first-order valence-corrected chi connectivity index (χ1v) is 22.6. The summed E-state index contributed by atoms with van der Waals surface area (Å²) in [6.07, 6.45) is 7.72. The second kappa shape index (κ2) is 15.3. The van der Waals surface area contributed by atoms with E-state index in [1.54, 1.807) is 0 Å². The molecule has 3 heteroatoms. The zero-order chi connectivity index (χ0) is 41.7. The third-order valence-corrected chi connectivity index (χ3v) is 14.2. The smallest absolute Gasteiger partial charge is 0.100 e. The summed E-state index contributed by atoms with van der Waals surface area (Å²) in [4.78, 5) is 2.69. The van der Waals surface area contributed by atoms with Crippen molar-refractivity contribution in [2.24, 2.45) is 0 Å². The van der Waals surface area contributed by atoms with Gasteiger partial charge in [-0.2, -0.15) is 0 Å². The van der Waals surface area contributed by atoms with Gasteiger partial charge in [-0.25, -0.2) is 0 Å². The summed E-state index contributed by atoms with van der Waals surface area (Å²) >= 11 is 1.88. The third kappa shape index (κ3) is 6.00. The summed E-state index contributed by atoms with van der Waals surface area (Å²) < 4.78 is 5.07. The van der Waals surface area contributed by atoms with E-state index in [2.05, 4.69) is 252 Å². The molecule has 1 unspecified atom stereocenters. The second-order valence-corrected chi connectivity index (χ2v) is 17.4. The average Bonchev–Trinajstić information content (AvgIpc) is 3.92. The fourth-order valence-electron chi connectivity index (χ4n) is 10.3. The summed E-state index contributed by atoms with van der Waals surface area (Å²) in [7, 11) is 0. The fourth-order valence-corrected chi connectivity index (χ4v) is 11.5. The largest absolute Gasteiger partial charge is 0.326 e. The lowest BCUT2D eigenvalue weighted by Gasteiger charge is -2.49. The van der Waals surface area contributed by atoms with Crippen molar-refractivity contribution in [3.8, 4) is 27.9 Å². The molecule has 0 N–H and O–H groups in total. The summed E-state index contributed by atoms with van der Waals surface area (Å²) in [6.45, 7) is 0. The summed E-state index contributed by atoms with van der Waals surface area (Å²) in [6, 6.07) is 82.5. The topological polar surface area (TPSA) is 8.17 Å². The van der Waals surface area contributed by atoms with E-state index in [1.165, 1.54) is 80.9 Å². The quantitative estimate of drug-likeness (QED) is 0.148. The highest BCUT2D eigenvalue weighted by Gasteiger charge is 2.46. The fraction of sp³-hybridized carbons (Fsp3) is 0.0333. The van der Waals surface area contributed by atoms with Crippen molar-refractivity contribution in [1.82, 2.24) is 4.57 Å². The zero-order valence-corrected chi connectivity index (χ0v) is 35.4. The highest BCUT2D eigenvalue weighted by atomic mass is 32.1. The van der Waals surface area contributed by atoms with Gasteiger partial charge in [-0.3, -0.25) is 0 Å².